The monoisotopic (exact) mass is 448 g/mol. The average Bonchev–Trinajstić information content (AvgIpc) is 2.97. The average molecular weight is 449 g/mol. The fraction of sp³-hybridized carbons (Fsp3) is 0.762. The SMILES string of the molecule is C[C@]12CCC(OC=O)CC1=CCC1C2CC[C@]2(C)C(OS(=O)(=O)C(F)(F)F)=CCC12. The molecule has 30 heavy (non-hydrogen) atoms. The van der Waals surface area contributed by atoms with Crippen LogP contribution in [-0.4, -0.2) is 26.5 Å². The van der Waals surface area contributed by atoms with Crippen molar-refractivity contribution in [3.63, 3.8) is 0 Å². The topological polar surface area (TPSA) is 69.7 Å². The van der Waals surface area contributed by atoms with Crippen LogP contribution in [-0.2, 0) is 23.8 Å². The Hall–Kier alpha value is -1.51. The van der Waals surface area contributed by atoms with Gasteiger partial charge in [-0.3, -0.25) is 4.79 Å². The number of alkyl halides is 3. The molecule has 0 aromatic heterocycles. The van der Waals surface area contributed by atoms with E-state index in [1.165, 1.54) is 5.57 Å². The Morgan fingerprint density at radius 3 is 2.43 bits per heavy atom. The van der Waals surface area contributed by atoms with Crippen LogP contribution >= 0.6 is 0 Å². The summed E-state index contributed by atoms with van der Waals surface area (Å²) in [5, 5.41) is 0. The van der Waals surface area contributed by atoms with E-state index in [9.17, 15) is 26.4 Å². The Labute approximate surface area is 174 Å². The van der Waals surface area contributed by atoms with Crippen LogP contribution in [0.3, 0.4) is 0 Å². The smallest absolute Gasteiger partial charge is 0.464 e. The van der Waals surface area contributed by atoms with Gasteiger partial charge in [-0.25, -0.2) is 0 Å². The summed E-state index contributed by atoms with van der Waals surface area (Å²) in [4.78, 5) is 10.7. The van der Waals surface area contributed by atoms with Gasteiger partial charge >= 0.3 is 15.6 Å². The van der Waals surface area contributed by atoms with Crippen LogP contribution in [0.15, 0.2) is 23.5 Å². The molecule has 4 aliphatic carbocycles. The summed E-state index contributed by atoms with van der Waals surface area (Å²) in [6.45, 7) is 4.60. The number of hydrogen-bond donors (Lipinski definition) is 0. The minimum absolute atomic E-state index is 0.0192. The zero-order chi connectivity index (χ0) is 21.9. The molecular weight excluding hydrogens is 421 g/mol. The lowest BCUT2D eigenvalue weighted by Gasteiger charge is -2.57. The molecule has 0 aromatic carbocycles. The summed E-state index contributed by atoms with van der Waals surface area (Å²) in [7, 11) is -5.66. The van der Waals surface area contributed by atoms with E-state index in [2.05, 4.69) is 17.2 Å². The van der Waals surface area contributed by atoms with Gasteiger partial charge in [-0.2, -0.15) is 21.6 Å². The molecular formula is C21H27F3O5S. The highest BCUT2D eigenvalue weighted by molar-refractivity contribution is 7.87. The Bertz CT molecular complexity index is 893. The van der Waals surface area contributed by atoms with E-state index in [-0.39, 0.29) is 29.1 Å². The number of carbonyl (C=O) groups excluding carboxylic acids is 1. The molecule has 0 saturated heterocycles. The van der Waals surface area contributed by atoms with Crippen LogP contribution in [0, 0.1) is 28.6 Å². The predicted octanol–water partition coefficient (Wildman–Crippen LogP) is 4.85. The van der Waals surface area contributed by atoms with E-state index < -0.39 is 21.0 Å². The Morgan fingerprint density at radius 1 is 1.07 bits per heavy atom. The summed E-state index contributed by atoms with van der Waals surface area (Å²) in [6, 6.07) is 0. The maximum absolute atomic E-state index is 12.8. The molecule has 5 nitrogen and oxygen atoms in total. The Balaban J connectivity index is 1.57. The number of ether oxygens (including phenoxy) is 1. The summed E-state index contributed by atoms with van der Waals surface area (Å²) < 4.78 is 71.6. The third-order valence-electron chi connectivity index (χ3n) is 8.30. The van der Waals surface area contributed by atoms with Crippen LogP contribution in [0.5, 0.6) is 0 Å². The second-order valence-corrected chi connectivity index (χ2v) is 11.1. The van der Waals surface area contributed by atoms with Crippen LogP contribution in [0.2, 0.25) is 0 Å². The van der Waals surface area contributed by atoms with E-state index in [0.717, 1.165) is 32.1 Å². The molecule has 0 spiro atoms. The molecule has 2 saturated carbocycles. The minimum atomic E-state index is -5.66. The first-order valence-electron chi connectivity index (χ1n) is 10.4. The van der Waals surface area contributed by atoms with Gasteiger partial charge in [0.2, 0.25) is 0 Å². The van der Waals surface area contributed by atoms with Gasteiger partial charge in [0.1, 0.15) is 11.9 Å². The van der Waals surface area contributed by atoms with Crippen molar-refractivity contribution in [2.24, 2.45) is 28.6 Å². The molecule has 0 aliphatic heterocycles. The van der Waals surface area contributed by atoms with Crippen LogP contribution in [0.4, 0.5) is 13.2 Å². The van der Waals surface area contributed by atoms with E-state index in [1.54, 1.807) is 6.08 Å². The van der Waals surface area contributed by atoms with E-state index in [1.807, 2.05) is 6.92 Å². The molecule has 9 heteroatoms. The van der Waals surface area contributed by atoms with Gasteiger partial charge in [-0.05, 0) is 67.8 Å². The van der Waals surface area contributed by atoms with Crippen molar-refractivity contribution in [3.05, 3.63) is 23.5 Å². The van der Waals surface area contributed by atoms with Gasteiger partial charge in [-0.15, -0.1) is 0 Å². The number of hydrogen-bond acceptors (Lipinski definition) is 5. The van der Waals surface area contributed by atoms with Crippen molar-refractivity contribution in [1.29, 1.82) is 0 Å². The third-order valence-corrected chi connectivity index (χ3v) is 9.27. The zero-order valence-corrected chi connectivity index (χ0v) is 17.9. The van der Waals surface area contributed by atoms with E-state index in [0.29, 0.717) is 25.2 Å². The second kappa shape index (κ2) is 7.00. The zero-order valence-electron chi connectivity index (χ0n) is 17.1. The van der Waals surface area contributed by atoms with Gasteiger partial charge in [0, 0.05) is 11.8 Å². The fourth-order valence-corrected chi connectivity index (χ4v) is 7.23. The molecule has 4 rings (SSSR count). The first kappa shape index (κ1) is 21.7. The number of carbonyl (C=O) groups is 1. The lowest BCUT2D eigenvalue weighted by molar-refractivity contribution is -0.135. The van der Waals surface area contributed by atoms with Crippen molar-refractivity contribution in [2.75, 3.05) is 0 Å². The lowest BCUT2D eigenvalue weighted by Crippen LogP contribution is -2.50. The summed E-state index contributed by atoms with van der Waals surface area (Å²) >= 11 is 0. The summed E-state index contributed by atoms with van der Waals surface area (Å²) in [6.07, 6.45) is 8.84. The molecule has 2 fully saturated rings. The normalized spacial score (nSPS) is 41.0. The van der Waals surface area contributed by atoms with Crippen LogP contribution in [0.25, 0.3) is 0 Å². The largest absolute Gasteiger partial charge is 0.534 e. The minimum Gasteiger partial charge on any atom is -0.464 e. The molecule has 4 unspecified atom stereocenters. The van der Waals surface area contributed by atoms with Crippen molar-refractivity contribution < 1.29 is 35.3 Å². The van der Waals surface area contributed by atoms with Crippen molar-refractivity contribution in [3.8, 4) is 0 Å². The maximum atomic E-state index is 12.8. The first-order valence-corrected chi connectivity index (χ1v) is 11.8. The standard InChI is InChI=1S/C21H27F3O5S/c1-19-9-7-14(28-12-25)11-13(19)3-4-15-16-5-6-18(20(16,2)10-8-17(15)19)29-30(26,27)21(22,23)24/h3,6,12,14-17H,4-5,7-11H2,1-2H3/t14?,15?,16?,17?,19-,20-/m0/s1. The molecule has 0 radical (unpaired) electrons. The quantitative estimate of drug-likeness (QED) is 0.266. The number of rotatable bonds is 4. The third kappa shape index (κ3) is 3.19. The summed E-state index contributed by atoms with van der Waals surface area (Å²) in [5.41, 5.74) is -4.85. The van der Waals surface area contributed by atoms with Crippen LogP contribution in [0.1, 0.15) is 58.8 Å². The van der Waals surface area contributed by atoms with Crippen molar-refractivity contribution >= 4 is 16.6 Å². The van der Waals surface area contributed by atoms with Gasteiger partial charge in [0.15, 0.2) is 0 Å². The highest BCUT2D eigenvalue weighted by Crippen LogP contribution is 2.65. The maximum Gasteiger partial charge on any atom is 0.534 e. The highest BCUT2D eigenvalue weighted by atomic mass is 32.2. The van der Waals surface area contributed by atoms with Crippen LogP contribution < -0.4 is 0 Å². The molecule has 0 aromatic rings. The number of fused-ring (bicyclic) bond motifs is 5. The van der Waals surface area contributed by atoms with Gasteiger partial charge in [0.05, 0.1) is 0 Å². The lowest BCUT2D eigenvalue weighted by atomic mass is 9.48. The van der Waals surface area contributed by atoms with Gasteiger partial charge in [0.25, 0.3) is 6.47 Å². The van der Waals surface area contributed by atoms with E-state index in [4.69, 9.17) is 4.74 Å². The number of allylic oxidation sites excluding steroid dienone is 3. The predicted molar refractivity (Wildman–Crippen MR) is 102 cm³/mol. The van der Waals surface area contributed by atoms with Crippen molar-refractivity contribution in [2.45, 2.75) is 70.4 Å². The molecule has 0 amide bonds. The molecule has 0 heterocycles. The summed E-state index contributed by atoms with van der Waals surface area (Å²) in [5.74, 6) is 0.631. The molecule has 0 N–H and O–H groups in total. The molecule has 4 aliphatic rings. The number of halogens is 3. The van der Waals surface area contributed by atoms with E-state index >= 15 is 0 Å². The Morgan fingerprint density at radius 2 is 1.77 bits per heavy atom. The molecule has 168 valence electrons. The van der Waals surface area contributed by atoms with Crippen molar-refractivity contribution in [1.82, 2.24) is 0 Å². The second-order valence-electron chi connectivity index (χ2n) is 9.60. The fourth-order valence-electron chi connectivity index (χ4n) is 6.64. The molecule has 0 bridgehead atoms. The first-order chi connectivity index (χ1) is 13.9. The highest BCUT2D eigenvalue weighted by Gasteiger charge is 2.59. The van der Waals surface area contributed by atoms with Gasteiger partial charge in [-0.1, -0.05) is 25.5 Å². The van der Waals surface area contributed by atoms with Gasteiger partial charge < -0.3 is 8.92 Å². The Kier molecular flexibility index (Phi) is 5.07. The molecule has 6 atom stereocenters.